The molecule has 0 saturated heterocycles. The van der Waals surface area contributed by atoms with E-state index in [9.17, 15) is 18.0 Å². The second-order valence-corrected chi connectivity index (χ2v) is 4.60. The first-order valence-electron chi connectivity index (χ1n) is 4.61. The van der Waals surface area contributed by atoms with E-state index < -0.39 is 12.1 Å². The van der Waals surface area contributed by atoms with Crippen LogP contribution in [-0.4, -0.2) is 17.1 Å². The summed E-state index contributed by atoms with van der Waals surface area (Å²) in [6, 6.07) is 4.44. The summed E-state index contributed by atoms with van der Waals surface area (Å²) in [5.41, 5.74) is 0.820. The van der Waals surface area contributed by atoms with Gasteiger partial charge < -0.3 is 5.32 Å². The smallest absolute Gasteiger partial charge is 0.318 e. The summed E-state index contributed by atoms with van der Waals surface area (Å²) in [5.74, 6) is -1.97. The molecule has 0 aliphatic rings. The van der Waals surface area contributed by atoms with E-state index in [0.29, 0.717) is 5.52 Å². The fraction of sp³-hybridized carbons (Fsp3) is 0.200. The van der Waals surface area contributed by atoms with Crippen LogP contribution in [0.1, 0.15) is 5.01 Å². The van der Waals surface area contributed by atoms with E-state index in [-0.39, 0.29) is 5.69 Å². The molecule has 0 aliphatic heterocycles. The molecule has 0 saturated carbocycles. The number of carbonyl (C=O) groups is 1. The lowest BCUT2D eigenvalue weighted by Crippen LogP contribution is -2.29. The first-order valence-corrected chi connectivity index (χ1v) is 5.43. The number of nitrogens with one attached hydrogen (secondary N) is 1. The Balaban J connectivity index is 2.28. The van der Waals surface area contributed by atoms with Crippen LogP contribution in [0.2, 0.25) is 0 Å². The van der Waals surface area contributed by atoms with Crippen LogP contribution >= 0.6 is 11.3 Å². The molecule has 1 aromatic heterocycles. The van der Waals surface area contributed by atoms with Gasteiger partial charge in [-0.2, -0.15) is 13.2 Å². The average Bonchev–Trinajstić information content (AvgIpc) is 2.55. The fourth-order valence-corrected chi connectivity index (χ4v) is 2.19. The molecule has 3 nitrogen and oxygen atoms in total. The van der Waals surface area contributed by atoms with Gasteiger partial charge in [0, 0.05) is 5.69 Å². The third kappa shape index (κ3) is 2.55. The largest absolute Gasteiger partial charge is 0.471 e. The second kappa shape index (κ2) is 3.99. The lowest BCUT2D eigenvalue weighted by molar-refractivity contribution is -0.167. The van der Waals surface area contributed by atoms with Crippen LogP contribution < -0.4 is 5.32 Å². The summed E-state index contributed by atoms with van der Waals surface area (Å²) in [4.78, 5) is 14.9. The summed E-state index contributed by atoms with van der Waals surface area (Å²) in [7, 11) is 0. The van der Waals surface area contributed by atoms with E-state index in [2.05, 4.69) is 4.98 Å². The van der Waals surface area contributed by atoms with E-state index in [1.54, 1.807) is 18.3 Å². The zero-order valence-corrected chi connectivity index (χ0v) is 9.45. The molecule has 2 rings (SSSR count). The van der Waals surface area contributed by atoms with E-state index >= 15 is 0 Å². The number of carbonyl (C=O) groups excluding carboxylic acids is 1. The Kier molecular flexibility index (Phi) is 2.78. The van der Waals surface area contributed by atoms with Crippen molar-refractivity contribution in [3.8, 4) is 0 Å². The molecule has 0 spiro atoms. The predicted octanol–water partition coefficient (Wildman–Crippen LogP) is 3.11. The second-order valence-electron chi connectivity index (χ2n) is 3.37. The SMILES string of the molecule is Cc1nc2ccc(NC(=O)C(F)(F)F)cc2s1. The van der Waals surface area contributed by atoms with E-state index in [1.807, 2.05) is 0 Å². The number of hydrogen-bond acceptors (Lipinski definition) is 3. The monoisotopic (exact) mass is 260 g/mol. The van der Waals surface area contributed by atoms with E-state index in [1.165, 1.54) is 23.5 Å². The Morgan fingerprint density at radius 3 is 2.76 bits per heavy atom. The van der Waals surface area contributed by atoms with Gasteiger partial charge in [-0.05, 0) is 25.1 Å². The van der Waals surface area contributed by atoms with Gasteiger partial charge in [-0.3, -0.25) is 4.79 Å². The Labute approximate surface area is 98.3 Å². The molecule has 7 heteroatoms. The van der Waals surface area contributed by atoms with Crippen LogP contribution in [0.3, 0.4) is 0 Å². The van der Waals surface area contributed by atoms with E-state index in [4.69, 9.17) is 0 Å². The molecule has 0 radical (unpaired) electrons. The third-order valence-corrected chi connectivity index (χ3v) is 2.94. The molecular weight excluding hydrogens is 253 g/mol. The number of hydrogen-bond donors (Lipinski definition) is 1. The zero-order valence-electron chi connectivity index (χ0n) is 8.63. The first kappa shape index (κ1) is 11.8. The molecule has 0 unspecified atom stereocenters. The molecule has 17 heavy (non-hydrogen) atoms. The highest BCUT2D eigenvalue weighted by Crippen LogP contribution is 2.26. The minimum Gasteiger partial charge on any atom is -0.318 e. The van der Waals surface area contributed by atoms with Crippen molar-refractivity contribution in [3.63, 3.8) is 0 Å². The molecule has 0 atom stereocenters. The number of rotatable bonds is 1. The molecule has 1 amide bonds. The molecule has 0 aliphatic carbocycles. The van der Waals surface area contributed by atoms with Crippen molar-refractivity contribution in [2.75, 3.05) is 5.32 Å². The number of aryl methyl sites for hydroxylation is 1. The van der Waals surface area contributed by atoms with Crippen molar-refractivity contribution in [3.05, 3.63) is 23.2 Å². The number of aromatic nitrogens is 1. The minimum atomic E-state index is -4.88. The quantitative estimate of drug-likeness (QED) is 0.856. The van der Waals surface area contributed by atoms with Gasteiger partial charge in [0.15, 0.2) is 0 Å². The van der Waals surface area contributed by atoms with Crippen LogP contribution in [0.5, 0.6) is 0 Å². The zero-order chi connectivity index (χ0) is 12.6. The molecule has 0 bridgehead atoms. The fourth-order valence-electron chi connectivity index (χ4n) is 1.32. The Bertz CT molecular complexity index is 576. The van der Waals surface area contributed by atoms with Crippen LogP contribution in [0.15, 0.2) is 18.2 Å². The van der Waals surface area contributed by atoms with Crippen LogP contribution in [-0.2, 0) is 4.79 Å². The van der Waals surface area contributed by atoms with Gasteiger partial charge in [0.2, 0.25) is 0 Å². The van der Waals surface area contributed by atoms with Crippen molar-refractivity contribution in [1.29, 1.82) is 0 Å². The number of thiazole rings is 1. The maximum absolute atomic E-state index is 12.0. The molecular formula is C10H7F3N2OS. The standard InChI is InChI=1S/C10H7F3N2OS/c1-5-14-7-3-2-6(4-8(7)17-5)15-9(16)10(11,12)13/h2-4H,1H3,(H,15,16). The number of halogens is 3. The van der Waals surface area contributed by atoms with Gasteiger partial charge in [-0.1, -0.05) is 0 Å². The minimum absolute atomic E-state index is 0.114. The molecule has 1 heterocycles. The van der Waals surface area contributed by atoms with Crippen LogP contribution in [0.25, 0.3) is 10.2 Å². The lowest BCUT2D eigenvalue weighted by atomic mass is 10.3. The van der Waals surface area contributed by atoms with Crippen LogP contribution in [0, 0.1) is 6.92 Å². The van der Waals surface area contributed by atoms with Crippen molar-refractivity contribution < 1.29 is 18.0 Å². The van der Waals surface area contributed by atoms with Gasteiger partial charge in [0.1, 0.15) is 0 Å². The normalized spacial score (nSPS) is 11.8. The lowest BCUT2D eigenvalue weighted by Gasteiger charge is -2.07. The van der Waals surface area contributed by atoms with Gasteiger partial charge >= 0.3 is 12.1 Å². The summed E-state index contributed by atoms with van der Waals surface area (Å²) in [5, 5.41) is 2.62. The number of fused-ring (bicyclic) bond motifs is 1. The summed E-state index contributed by atoms with van der Waals surface area (Å²) >= 11 is 1.36. The topological polar surface area (TPSA) is 42.0 Å². The number of nitrogens with zero attached hydrogens (tertiary/aromatic N) is 1. The molecule has 90 valence electrons. The Hall–Kier alpha value is -1.63. The Morgan fingerprint density at radius 2 is 2.12 bits per heavy atom. The van der Waals surface area contributed by atoms with Crippen molar-refractivity contribution >= 4 is 33.1 Å². The molecule has 1 aromatic carbocycles. The predicted molar refractivity (Wildman–Crippen MR) is 59.0 cm³/mol. The number of alkyl halides is 3. The first-order chi connectivity index (χ1) is 7.86. The summed E-state index contributed by atoms with van der Waals surface area (Å²) in [6.45, 7) is 1.80. The van der Waals surface area contributed by atoms with Crippen molar-refractivity contribution in [1.82, 2.24) is 4.98 Å². The maximum Gasteiger partial charge on any atom is 0.471 e. The van der Waals surface area contributed by atoms with Gasteiger partial charge in [0.05, 0.1) is 15.2 Å². The van der Waals surface area contributed by atoms with Crippen molar-refractivity contribution in [2.24, 2.45) is 0 Å². The Morgan fingerprint density at radius 1 is 1.41 bits per heavy atom. The highest BCUT2D eigenvalue weighted by molar-refractivity contribution is 7.18. The highest BCUT2D eigenvalue weighted by atomic mass is 32.1. The molecule has 1 N–H and O–H groups in total. The maximum atomic E-state index is 12.0. The van der Waals surface area contributed by atoms with Gasteiger partial charge in [-0.15, -0.1) is 11.3 Å². The molecule has 2 aromatic rings. The third-order valence-electron chi connectivity index (χ3n) is 2.01. The number of benzene rings is 1. The number of anilines is 1. The van der Waals surface area contributed by atoms with E-state index in [0.717, 1.165) is 9.71 Å². The van der Waals surface area contributed by atoms with Crippen LogP contribution in [0.4, 0.5) is 18.9 Å². The summed E-state index contributed by atoms with van der Waals surface area (Å²) < 4.78 is 36.8. The highest BCUT2D eigenvalue weighted by Gasteiger charge is 2.38. The number of amides is 1. The summed E-state index contributed by atoms with van der Waals surface area (Å²) in [6.07, 6.45) is -4.88. The van der Waals surface area contributed by atoms with Gasteiger partial charge in [0.25, 0.3) is 0 Å². The average molecular weight is 260 g/mol. The van der Waals surface area contributed by atoms with Crippen molar-refractivity contribution in [2.45, 2.75) is 13.1 Å². The molecule has 0 fully saturated rings. The van der Waals surface area contributed by atoms with Gasteiger partial charge in [-0.25, -0.2) is 4.98 Å².